The van der Waals surface area contributed by atoms with Crippen LogP contribution >= 0.6 is 11.8 Å². The summed E-state index contributed by atoms with van der Waals surface area (Å²) in [5.74, 6) is 1.34. The van der Waals surface area contributed by atoms with Gasteiger partial charge in [-0.15, -0.1) is 10.2 Å². The highest BCUT2D eigenvalue weighted by atomic mass is 32.2. The number of aromatic nitrogens is 2. The average molecular weight is 333 g/mol. The first kappa shape index (κ1) is 17.5. The van der Waals surface area contributed by atoms with Crippen molar-refractivity contribution in [3.8, 4) is 11.5 Å². The Balaban J connectivity index is 1.88. The van der Waals surface area contributed by atoms with E-state index in [4.69, 9.17) is 4.42 Å². The standard InChI is InChI=1S/C17H23N3O2S/c1-11(2)5-6-18-15(21)10-23-17-20-19-16(22-17)14-8-12(3)7-13(4)9-14/h7-9,11H,5-6,10H2,1-4H3,(H,18,21). The van der Waals surface area contributed by atoms with Gasteiger partial charge in [-0.2, -0.15) is 0 Å². The molecule has 0 atom stereocenters. The zero-order chi connectivity index (χ0) is 16.8. The normalized spacial score (nSPS) is 11.0. The molecule has 1 aromatic heterocycles. The lowest BCUT2D eigenvalue weighted by atomic mass is 10.1. The maximum absolute atomic E-state index is 11.7. The minimum Gasteiger partial charge on any atom is -0.411 e. The van der Waals surface area contributed by atoms with Crippen LogP contribution in [0, 0.1) is 19.8 Å². The van der Waals surface area contributed by atoms with Gasteiger partial charge in [0.25, 0.3) is 5.22 Å². The van der Waals surface area contributed by atoms with E-state index in [0.29, 0.717) is 23.6 Å². The Morgan fingerprint density at radius 3 is 2.57 bits per heavy atom. The molecule has 23 heavy (non-hydrogen) atoms. The molecule has 1 N–H and O–H groups in total. The molecule has 0 aliphatic carbocycles. The van der Waals surface area contributed by atoms with Crippen molar-refractivity contribution in [1.82, 2.24) is 15.5 Å². The van der Waals surface area contributed by atoms with Crippen LogP contribution in [-0.2, 0) is 4.79 Å². The quantitative estimate of drug-likeness (QED) is 0.784. The molecule has 0 saturated heterocycles. The molecule has 5 nitrogen and oxygen atoms in total. The molecule has 0 unspecified atom stereocenters. The van der Waals surface area contributed by atoms with E-state index >= 15 is 0 Å². The van der Waals surface area contributed by atoms with Gasteiger partial charge in [-0.05, 0) is 38.3 Å². The largest absolute Gasteiger partial charge is 0.411 e. The SMILES string of the molecule is Cc1cc(C)cc(-c2nnc(SCC(=O)NCCC(C)C)o2)c1. The second-order valence-corrected chi connectivity index (χ2v) is 7.00. The molecule has 124 valence electrons. The molecular formula is C17H23N3O2S. The Bertz CT molecular complexity index is 647. The molecule has 0 bridgehead atoms. The first-order valence-corrected chi connectivity index (χ1v) is 8.74. The van der Waals surface area contributed by atoms with E-state index < -0.39 is 0 Å². The predicted molar refractivity (Wildman–Crippen MR) is 92.4 cm³/mol. The number of carbonyl (C=O) groups is 1. The van der Waals surface area contributed by atoms with Gasteiger partial charge >= 0.3 is 0 Å². The number of aryl methyl sites for hydroxylation is 2. The van der Waals surface area contributed by atoms with Gasteiger partial charge in [0.1, 0.15) is 0 Å². The topological polar surface area (TPSA) is 68.0 Å². The Morgan fingerprint density at radius 1 is 1.22 bits per heavy atom. The van der Waals surface area contributed by atoms with E-state index in [1.54, 1.807) is 0 Å². The van der Waals surface area contributed by atoms with Gasteiger partial charge in [0, 0.05) is 12.1 Å². The third-order valence-electron chi connectivity index (χ3n) is 3.25. The number of hydrogen-bond acceptors (Lipinski definition) is 5. The van der Waals surface area contributed by atoms with E-state index in [0.717, 1.165) is 23.1 Å². The minimum absolute atomic E-state index is 0.0122. The van der Waals surface area contributed by atoms with E-state index in [2.05, 4.69) is 35.4 Å². The molecule has 1 amide bonds. The van der Waals surface area contributed by atoms with Gasteiger partial charge in [0.05, 0.1) is 5.75 Å². The number of amides is 1. The van der Waals surface area contributed by atoms with Crippen LogP contribution in [0.3, 0.4) is 0 Å². The third kappa shape index (κ3) is 5.71. The van der Waals surface area contributed by atoms with Crippen LogP contribution in [0.2, 0.25) is 0 Å². The highest BCUT2D eigenvalue weighted by Gasteiger charge is 2.11. The van der Waals surface area contributed by atoms with Crippen molar-refractivity contribution in [2.24, 2.45) is 5.92 Å². The predicted octanol–water partition coefficient (Wildman–Crippen LogP) is 3.61. The fraction of sp³-hybridized carbons (Fsp3) is 0.471. The summed E-state index contributed by atoms with van der Waals surface area (Å²) in [6.07, 6.45) is 0.980. The summed E-state index contributed by atoms with van der Waals surface area (Å²) in [6.45, 7) is 9.03. The van der Waals surface area contributed by atoms with Crippen molar-refractivity contribution < 1.29 is 9.21 Å². The van der Waals surface area contributed by atoms with E-state index in [1.165, 1.54) is 11.8 Å². The summed E-state index contributed by atoms with van der Waals surface area (Å²) in [4.78, 5) is 11.7. The minimum atomic E-state index is -0.0122. The lowest BCUT2D eigenvalue weighted by molar-refractivity contribution is -0.118. The summed E-state index contributed by atoms with van der Waals surface area (Å²) >= 11 is 1.26. The molecule has 0 aliphatic rings. The average Bonchev–Trinajstić information content (AvgIpc) is 2.92. The Labute approximate surface area is 141 Å². The molecular weight excluding hydrogens is 310 g/mol. The number of rotatable bonds is 7. The summed E-state index contributed by atoms with van der Waals surface area (Å²) in [7, 11) is 0. The molecule has 1 aromatic carbocycles. The molecule has 0 fully saturated rings. The van der Waals surface area contributed by atoms with E-state index in [1.807, 2.05) is 26.0 Å². The first-order chi connectivity index (χ1) is 10.9. The van der Waals surface area contributed by atoms with Crippen LogP contribution in [0.5, 0.6) is 0 Å². The number of carbonyl (C=O) groups excluding carboxylic acids is 1. The zero-order valence-electron chi connectivity index (χ0n) is 14.0. The zero-order valence-corrected chi connectivity index (χ0v) is 14.9. The molecule has 2 aromatic rings. The van der Waals surface area contributed by atoms with Crippen molar-refractivity contribution in [2.75, 3.05) is 12.3 Å². The summed E-state index contributed by atoms with van der Waals surface area (Å²) in [6, 6.07) is 6.11. The maximum Gasteiger partial charge on any atom is 0.277 e. The first-order valence-electron chi connectivity index (χ1n) is 7.75. The van der Waals surface area contributed by atoms with Gasteiger partial charge in [-0.25, -0.2) is 0 Å². The fourth-order valence-electron chi connectivity index (χ4n) is 2.16. The molecule has 2 rings (SSSR count). The number of nitrogens with zero attached hydrogens (tertiary/aromatic N) is 2. The van der Waals surface area contributed by atoms with E-state index in [9.17, 15) is 4.79 Å². The molecule has 0 saturated carbocycles. The summed E-state index contributed by atoms with van der Waals surface area (Å²) in [5.41, 5.74) is 3.21. The second kappa shape index (κ2) is 8.15. The van der Waals surface area contributed by atoms with Gasteiger partial charge < -0.3 is 9.73 Å². The van der Waals surface area contributed by atoms with Gasteiger partial charge in [-0.3, -0.25) is 4.79 Å². The van der Waals surface area contributed by atoms with Crippen molar-refractivity contribution in [3.05, 3.63) is 29.3 Å². The smallest absolute Gasteiger partial charge is 0.277 e. The third-order valence-corrected chi connectivity index (χ3v) is 4.06. The number of thioether (sulfide) groups is 1. The van der Waals surface area contributed by atoms with Crippen molar-refractivity contribution in [2.45, 2.75) is 39.3 Å². The number of hydrogen-bond donors (Lipinski definition) is 1. The Morgan fingerprint density at radius 2 is 1.91 bits per heavy atom. The van der Waals surface area contributed by atoms with Crippen LogP contribution < -0.4 is 5.32 Å². The van der Waals surface area contributed by atoms with Crippen LogP contribution in [0.25, 0.3) is 11.5 Å². The van der Waals surface area contributed by atoms with Crippen molar-refractivity contribution in [1.29, 1.82) is 0 Å². The molecule has 0 spiro atoms. The van der Waals surface area contributed by atoms with Gasteiger partial charge in [0.15, 0.2) is 0 Å². The maximum atomic E-state index is 11.7. The Kier molecular flexibility index (Phi) is 6.21. The van der Waals surface area contributed by atoms with Crippen molar-refractivity contribution >= 4 is 17.7 Å². The summed E-state index contributed by atoms with van der Waals surface area (Å²) < 4.78 is 5.63. The monoisotopic (exact) mass is 333 g/mol. The molecule has 0 radical (unpaired) electrons. The molecule has 6 heteroatoms. The second-order valence-electron chi connectivity index (χ2n) is 6.07. The summed E-state index contributed by atoms with van der Waals surface area (Å²) in [5, 5.41) is 11.4. The fourth-order valence-corrected chi connectivity index (χ4v) is 2.75. The lowest BCUT2D eigenvalue weighted by Crippen LogP contribution is -2.26. The van der Waals surface area contributed by atoms with Crippen LogP contribution in [-0.4, -0.2) is 28.4 Å². The lowest BCUT2D eigenvalue weighted by Gasteiger charge is -2.05. The van der Waals surface area contributed by atoms with Gasteiger partial charge in [-0.1, -0.05) is 42.8 Å². The van der Waals surface area contributed by atoms with Crippen LogP contribution in [0.15, 0.2) is 27.8 Å². The highest BCUT2D eigenvalue weighted by Crippen LogP contribution is 2.24. The molecule has 0 aliphatic heterocycles. The molecule has 1 heterocycles. The van der Waals surface area contributed by atoms with Gasteiger partial charge in [0.2, 0.25) is 11.8 Å². The van der Waals surface area contributed by atoms with Crippen LogP contribution in [0.1, 0.15) is 31.4 Å². The van der Waals surface area contributed by atoms with Crippen molar-refractivity contribution in [3.63, 3.8) is 0 Å². The highest BCUT2D eigenvalue weighted by molar-refractivity contribution is 7.99. The number of benzene rings is 1. The van der Waals surface area contributed by atoms with Crippen LogP contribution in [0.4, 0.5) is 0 Å². The number of nitrogens with one attached hydrogen (secondary N) is 1. The Hall–Kier alpha value is -1.82. The van der Waals surface area contributed by atoms with E-state index in [-0.39, 0.29) is 11.7 Å².